The van der Waals surface area contributed by atoms with Crippen molar-refractivity contribution in [3.63, 3.8) is 0 Å². The number of aromatic nitrogens is 2. The summed E-state index contributed by atoms with van der Waals surface area (Å²) in [4.78, 5) is 44.1. The van der Waals surface area contributed by atoms with Gasteiger partial charge in [0.1, 0.15) is 19.8 Å². The second-order valence-corrected chi connectivity index (χ2v) is 8.50. The van der Waals surface area contributed by atoms with E-state index in [0.717, 1.165) is 17.3 Å². The molecule has 0 radical (unpaired) electrons. The third-order valence-corrected chi connectivity index (χ3v) is 6.34. The maximum atomic E-state index is 13.0. The summed E-state index contributed by atoms with van der Waals surface area (Å²) < 4.78 is 17.2. The summed E-state index contributed by atoms with van der Waals surface area (Å²) in [6.07, 6.45) is 0. The number of rotatable bonds is 8. The Morgan fingerprint density at radius 3 is 2.68 bits per heavy atom. The molecular weight excluding hydrogens is 458 g/mol. The molecule has 2 heterocycles. The first-order valence-corrected chi connectivity index (χ1v) is 11.8. The Kier molecular flexibility index (Phi) is 7.36. The number of ether oxygens (including phenoxy) is 3. The number of amides is 1. The van der Waals surface area contributed by atoms with E-state index < -0.39 is 5.97 Å². The van der Waals surface area contributed by atoms with E-state index in [2.05, 4.69) is 4.98 Å². The van der Waals surface area contributed by atoms with E-state index in [4.69, 9.17) is 14.2 Å². The lowest BCUT2D eigenvalue weighted by Gasteiger charge is -2.23. The molecule has 3 aromatic rings. The molecule has 10 heteroatoms. The van der Waals surface area contributed by atoms with Crippen LogP contribution in [-0.4, -0.2) is 58.9 Å². The van der Waals surface area contributed by atoms with Gasteiger partial charge in [0.05, 0.1) is 23.8 Å². The number of hydrogen-bond donors (Lipinski definition) is 0. The Bertz CT molecular complexity index is 1280. The molecule has 0 atom stereocenters. The van der Waals surface area contributed by atoms with Crippen molar-refractivity contribution in [3.8, 4) is 11.5 Å². The van der Waals surface area contributed by atoms with Crippen LogP contribution in [0.4, 0.5) is 0 Å². The molecule has 2 aromatic carbocycles. The van der Waals surface area contributed by atoms with Crippen molar-refractivity contribution in [1.29, 1.82) is 0 Å². The van der Waals surface area contributed by atoms with E-state index in [9.17, 15) is 14.4 Å². The van der Waals surface area contributed by atoms with Crippen LogP contribution < -0.4 is 15.0 Å². The van der Waals surface area contributed by atoms with Gasteiger partial charge in [0.2, 0.25) is 5.91 Å². The SMILES string of the molecule is CCN(Cc1ccc2c(c1)OCCO2)C(=O)CSc1nc2ccccc2c(=O)n1CC(=O)OC. The van der Waals surface area contributed by atoms with Gasteiger partial charge in [0, 0.05) is 13.1 Å². The van der Waals surface area contributed by atoms with E-state index in [-0.39, 0.29) is 28.9 Å². The second kappa shape index (κ2) is 10.6. The van der Waals surface area contributed by atoms with Gasteiger partial charge in [0.15, 0.2) is 16.7 Å². The fourth-order valence-corrected chi connectivity index (χ4v) is 4.49. The lowest BCUT2D eigenvalue weighted by Crippen LogP contribution is -2.32. The summed E-state index contributed by atoms with van der Waals surface area (Å²) >= 11 is 1.12. The maximum absolute atomic E-state index is 13.0. The minimum absolute atomic E-state index is 0.0599. The third-order valence-electron chi connectivity index (χ3n) is 5.38. The minimum Gasteiger partial charge on any atom is -0.486 e. The number of nitrogens with zero attached hydrogens (tertiary/aromatic N) is 3. The summed E-state index contributed by atoms with van der Waals surface area (Å²) in [6.45, 7) is 3.56. The van der Waals surface area contributed by atoms with Gasteiger partial charge in [-0.05, 0) is 36.8 Å². The molecule has 0 aliphatic carbocycles. The molecule has 178 valence electrons. The van der Waals surface area contributed by atoms with E-state index >= 15 is 0 Å². The Hall–Kier alpha value is -3.53. The Balaban J connectivity index is 1.51. The first-order chi connectivity index (χ1) is 16.5. The normalized spacial score (nSPS) is 12.4. The van der Waals surface area contributed by atoms with Crippen LogP contribution in [0.3, 0.4) is 0 Å². The molecule has 0 unspecified atom stereocenters. The number of hydrogen-bond acceptors (Lipinski definition) is 8. The fourth-order valence-electron chi connectivity index (χ4n) is 3.59. The monoisotopic (exact) mass is 483 g/mol. The van der Waals surface area contributed by atoms with Gasteiger partial charge in [-0.2, -0.15) is 0 Å². The minimum atomic E-state index is -0.568. The highest BCUT2D eigenvalue weighted by molar-refractivity contribution is 7.99. The summed E-state index contributed by atoms with van der Waals surface area (Å²) in [5.74, 6) is 0.750. The van der Waals surface area contributed by atoms with E-state index in [1.165, 1.54) is 11.7 Å². The van der Waals surface area contributed by atoms with Crippen LogP contribution in [0, 0.1) is 0 Å². The number of fused-ring (bicyclic) bond motifs is 2. The number of thioether (sulfide) groups is 1. The molecule has 0 N–H and O–H groups in total. The molecule has 1 aliphatic heterocycles. The first kappa shape index (κ1) is 23.6. The molecule has 4 rings (SSSR count). The van der Waals surface area contributed by atoms with Gasteiger partial charge < -0.3 is 19.1 Å². The van der Waals surface area contributed by atoms with Crippen LogP contribution in [0.1, 0.15) is 12.5 Å². The van der Waals surface area contributed by atoms with Gasteiger partial charge in [-0.1, -0.05) is 30.0 Å². The van der Waals surface area contributed by atoms with Crippen molar-refractivity contribution >= 4 is 34.5 Å². The van der Waals surface area contributed by atoms with Gasteiger partial charge >= 0.3 is 5.97 Å². The first-order valence-electron chi connectivity index (χ1n) is 10.9. The van der Waals surface area contributed by atoms with Gasteiger partial charge in [-0.25, -0.2) is 4.98 Å². The van der Waals surface area contributed by atoms with Gasteiger partial charge in [0.25, 0.3) is 5.56 Å². The van der Waals surface area contributed by atoms with Crippen LogP contribution in [0.25, 0.3) is 10.9 Å². The van der Waals surface area contributed by atoms with Crippen molar-refractivity contribution in [1.82, 2.24) is 14.5 Å². The summed E-state index contributed by atoms with van der Waals surface area (Å²) in [5, 5.41) is 0.689. The van der Waals surface area contributed by atoms with Crippen molar-refractivity contribution < 1.29 is 23.8 Å². The number of carbonyl (C=O) groups is 2. The molecule has 0 saturated heterocycles. The third kappa shape index (κ3) is 5.17. The predicted octanol–water partition coefficient (Wildman–Crippen LogP) is 2.48. The molecule has 1 aliphatic rings. The van der Waals surface area contributed by atoms with Crippen molar-refractivity contribution in [2.24, 2.45) is 0 Å². The van der Waals surface area contributed by atoms with Crippen LogP contribution in [-0.2, 0) is 27.4 Å². The van der Waals surface area contributed by atoms with Crippen LogP contribution in [0.5, 0.6) is 11.5 Å². The van der Waals surface area contributed by atoms with Crippen molar-refractivity contribution in [2.75, 3.05) is 32.6 Å². The molecule has 0 spiro atoms. The zero-order valence-corrected chi connectivity index (χ0v) is 19.8. The zero-order valence-electron chi connectivity index (χ0n) is 19.0. The van der Waals surface area contributed by atoms with E-state index in [0.29, 0.717) is 48.7 Å². The highest BCUT2D eigenvalue weighted by Gasteiger charge is 2.19. The fraction of sp³-hybridized carbons (Fsp3) is 0.333. The van der Waals surface area contributed by atoms with Crippen LogP contribution in [0.2, 0.25) is 0 Å². The quantitative estimate of drug-likeness (QED) is 0.274. The predicted molar refractivity (Wildman–Crippen MR) is 127 cm³/mol. The highest BCUT2D eigenvalue weighted by Crippen LogP contribution is 2.31. The molecule has 34 heavy (non-hydrogen) atoms. The topological polar surface area (TPSA) is 100.0 Å². The van der Waals surface area contributed by atoms with Gasteiger partial charge in [-0.3, -0.25) is 19.0 Å². The molecule has 0 bridgehead atoms. The second-order valence-electron chi connectivity index (χ2n) is 7.55. The van der Waals surface area contributed by atoms with E-state index in [1.54, 1.807) is 29.2 Å². The summed E-state index contributed by atoms with van der Waals surface area (Å²) in [5.41, 5.74) is 1.08. The van der Waals surface area contributed by atoms with Crippen molar-refractivity contribution in [3.05, 3.63) is 58.4 Å². The Morgan fingerprint density at radius 2 is 1.91 bits per heavy atom. The summed E-state index contributed by atoms with van der Waals surface area (Å²) in [6, 6.07) is 12.6. The van der Waals surface area contributed by atoms with Crippen LogP contribution in [0.15, 0.2) is 52.4 Å². The number of methoxy groups -OCH3 is 1. The largest absolute Gasteiger partial charge is 0.486 e. The molecule has 0 saturated carbocycles. The van der Waals surface area contributed by atoms with Crippen LogP contribution >= 0.6 is 11.8 Å². The molecule has 9 nitrogen and oxygen atoms in total. The maximum Gasteiger partial charge on any atom is 0.325 e. The molecular formula is C24H25N3O6S. The highest BCUT2D eigenvalue weighted by atomic mass is 32.2. The smallest absolute Gasteiger partial charge is 0.325 e. The standard InChI is InChI=1S/C24H25N3O6S/c1-3-26(13-16-8-9-19-20(12-16)33-11-10-32-19)21(28)15-34-24-25-18-7-5-4-6-17(18)23(30)27(24)14-22(29)31-2/h4-9,12H,3,10-11,13-15H2,1-2H3. The Morgan fingerprint density at radius 1 is 1.15 bits per heavy atom. The average Bonchev–Trinajstić information content (AvgIpc) is 2.87. The van der Waals surface area contributed by atoms with E-state index in [1.807, 2.05) is 25.1 Å². The Labute approximate surface area is 200 Å². The molecule has 1 aromatic heterocycles. The molecule has 0 fully saturated rings. The lowest BCUT2D eigenvalue weighted by molar-refractivity contribution is -0.141. The molecule has 1 amide bonds. The average molecular weight is 484 g/mol. The number of carbonyl (C=O) groups excluding carboxylic acids is 2. The summed E-state index contributed by atoms with van der Waals surface area (Å²) in [7, 11) is 1.26. The lowest BCUT2D eigenvalue weighted by atomic mass is 10.2. The van der Waals surface area contributed by atoms with Crippen molar-refractivity contribution in [2.45, 2.75) is 25.2 Å². The zero-order chi connectivity index (χ0) is 24.1. The number of para-hydroxylation sites is 1. The number of benzene rings is 2. The van der Waals surface area contributed by atoms with Gasteiger partial charge in [-0.15, -0.1) is 0 Å². The number of esters is 1.